The maximum absolute atomic E-state index is 11.8. The molecular weight excluding hydrogens is 211 g/mol. The lowest BCUT2D eigenvalue weighted by Gasteiger charge is -2.22. The van der Waals surface area contributed by atoms with Crippen LogP contribution in [0.2, 0.25) is 0 Å². The first-order chi connectivity index (χ1) is 5.08. The Morgan fingerprint density at radius 2 is 2.00 bits per heavy atom. The van der Waals surface area contributed by atoms with Gasteiger partial charge in [-0.25, -0.2) is 0 Å². The van der Waals surface area contributed by atoms with Gasteiger partial charge in [0, 0.05) is 11.8 Å². The fourth-order valence-electron chi connectivity index (χ4n) is 1.11. The van der Waals surface area contributed by atoms with Crippen LogP contribution in [0.1, 0.15) is 12.8 Å². The molecule has 1 saturated heterocycles. The van der Waals surface area contributed by atoms with E-state index in [-0.39, 0.29) is 29.4 Å². The molecule has 0 amide bonds. The molecule has 1 aliphatic rings. The Hall–Kier alpha value is 0.390. The van der Waals surface area contributed by atoms with Crippen LogP contribution >= 0.6 is 11.8 Å². The first-order valence-electron chi connectivity index (χ1n) is 3.53. The van der Waals surface area contributed by atoms with Gasteiger partial charge in [0.15, 0.2) is 0 Å². The van der Waals surface area contributed by atoms with Crippen molar-refractivity contribution in [2.75, 3.05) is 13.1 Å². The van der Waals surface area contributed by atoms with Crippen LogP contribution in [0.15, 0.2) is 0 Å². The molecule has 6 heteroatoms. The van der Waals surface area contributed by atoms with E-state index in [1.54, 1.807) is 0 Å². The number of alkyl halides is 3. The second kappa shape index (κ2) is 5.19. The number of piperidine rings is 1. The lowest BCUT2D eigenvalue weighted by Crippen LogP contribution is -3.00. The van der Waals surface area contributed by atoms with Crippen molar-refractivity contribution in [2.24, 2.45) is 0 Å². The van der Waals surface area contributed by atoms with Gasteiger partial charge in [-0.3, -0.25) is 0 Å². The lowest BCUT2D eigenvalue weighted by molar-refractivity contribution is -0.0335. The Bertz CT molecular complexity index is 124. The standard InChI is InChI=1S/C6H10F3NS.ClH/c7-6(8,9)11-5-2-1-3-10-4-5;/h5,10H,1-4H2;1H/p-1. The van der Waals surface area contributed by atoms with Gasteiger partial charge in [-0.2, -0.15) is 13.2 Å². The second-order valence-electron chi connectivity index (χ2n) is 2.53. The molecule has 1 atom stereocenters. The largest absolute Gasteiger partial charge is 1.00 e. The number of hydrogen-bond donors (Lipinski definition) is 1. The smallest absolute Gasteiger partial charge is 0.442 e. The second-order valence-corrected chi connectivity index (χ2v) is 3.90. The van der Waals surface area contributed by atoms with E-state index in [4.69, 9.17) is 0 Å². The third-order valence-corrected chi connectivity index (χ3v) is 2.55. The van der Waals surface area contributed by atoms with Crippen LogP contribution in [0.4, 0.5) is 13.2 Å². The molecule has 0 aromatic rings. The summed E-state index contributed by atoms with van der Waals surface area (Å²) in [4.78, 5) is 0. The maximum atomic E-state index is 11.8. The van der Waals surface area contributed by atoms with E-state index in [9.17, 15) is 13.2 Å². The molecule has 0 aliphatic carbocycles. The SMILES string of the molecule is FC(F)(F)SC1CCCNC1.[Cl-]. The van der Waals surface area contributed by atoms with E-state index in [0.29, 0.717) is 13.0 Å². The Kier molecular flexibility index (Phi) is 5.36. The zero-order valence-corrected chi connectivity index (χ0v) is 7.90. The summed E-state index contributed by atoms with van der Waals surface area (Å²) in [5.74, 6) is 0. The fourth-order valence-corrected chi connectivity index (χ4v) is 1.97. The minimum absolute atomic E-state index is 0. The highest BCUT2D eigenvalue weighted by Crippen LogP contribution is 2.35. The molecule has 0 radical (unpaired) electrons. The van der Waals surface area contributed by atoms with E-state index in [2.05, 4.69) is 5.32 Å². The average molecular weight is 221 g/mol. The third kappa shape index (κ3) is 5.11. The molecule has 12 heavy (non-hydrogen) atoms. The van der Waals surface area contributed by atoms with Crippen molar-refractivity contribution < 1.29 is 25.6 Å². The number of rotatable bonds is 1. The zero-order valence-electron chi connectivity index (χ0n) is 6.33. The highest BCUT2D eigenvalue weighted by molar-refractivity contribution is 8.00. The van der Waals surface area contributed by atoms with Gasteiger partial charge in [-0.05, 0) is 31.1 Å². The summed E-state index contributed by atoms with van der Waals surface area (Å²) >= 11 is 0.115. The molecule has 0 aromatic heterocycles. The fraction of sp³-hybridized carbons (Fsp3) is 1.00. The van der Waals surface area contributed by atoms with Crippen LogP contribution in [0.5, 0.6) is 0 Å². The van der Waals surface area contributed by atoms with E-state index in [0.717, 1.165) is 13.0 Å². The van der Waals surface area contributed by atoms with E-state index < -0.39 is 5.51 Å². The van der Waals surface area contributed by atoms with Gasteiger partial charge in [0.2, 0.25) is 0 Å². The van der Waals surface area contributed by atoms with Gasteiger partial charge in [0.25, 0.3) is 0 Å². The molecule has 1 N–H and O–H groups in total. The van der Waals surface area contributed by atoms with Gasteiger partial charge in [0.05, 0.1) is 0 Å². The maximum Gasteiger partial charge on any atom is 0.442 e. The number of hydrogen-bond acceptors (Lipinski definition) is 2. The van der Waals surface area contributed by atoms with Gasteiger partial charge in [0.1, 0.15) is 0 Å². The van der Waals surface area contributed by atoms with Crippen molar-refractivity contribution in [1.29, 1.82) is 0 Å². The molecule has 0 aromatic carbocycles. The van der Waals surface area contributed by atoms with Gasteiger partial charge in [-0.1, -0.05) is 0 Å². The quantitative estimate of drug-likeness (QED) is 0.608. The Morgan fingerprint density at radius 3 is 2.42 bits per heavy atom. The summed E-state index contributed by atoms with van der Waals surface area (Å²) in [6.07, 6.45) is 1.53. The zero-order chi connectivity index (χ0) is 8.32. The van der Waals surface area contributed by atoms with E-state index in [1.807, 2.05) is 0 Å². The summed E-state index contributed by atoms with van der Waals surface area (Å²) in [5.41, 5.74) is -4.07. The van der Waals surface area contributed by atoms with Gasteiger partial charge >= 0.3 is 5.51 Å². The lowest BCUT2D eigenvalue weighted by atomic mass is 10.2. The monoisotopic (exact) mass is 220 g/mol. The predicted molar refractivity (Wildman–Crippen MR) is 39.5 cm³/mol. The molecule has 1 unspecified atom stereocenters. The number of thioether (sulfide) groups is 1. The topological polar surface area (TPSA) is 12.0 Å². The van der Waals surface area contributed by atoms with Crippen molar-refractivity contribution in [2.45, 2.75) is 23.6 Å². The minimum atomic E-state index is -4.07. The van der Waals surface area contributed by atoms with E-state index in [1.165, 1.54) is 0 Å². The summed E-state index contributed by atoms with van der Waals surface area (Å²) in [6.45, 7) is 1.35. The summed E-state index contributed by atoms with van der Waals surface area (Å²) < 4.78 is 35.3. The highest BCUT2D eigenvalue weighted by atomic mass is 35.5. The Morgan fingerprint density at radius 1 is 1.33 bits per heavy atom. The summed E-state index contributed by atoms with van der Waals surface area (Å²) in [6, 6.07) is 0. The first kappa shape index (κ1) is 12.4. The molecule has 1 heterocycles. The van der Waals surface area contributed by atoms with Crippen LogP contribution in [-0.4, -0.2) is 23.8 Å². The van der Waals surface area contributed by atoms with Crippen molar-refractivity contribution in [1.82, 2.24) is 5.32 Å². The Labute approximate surface area is 79.9 Å². The molecular formula is C6H10ClF3NS-. The highest BCUT2D eigenvalue weighted by Gasteiger charge is 2.33. The number of nitrogens with one attached hydrogen (secondary N) is 1. The van der Waals surface area contributed by atoms with Gasteiger partial charge in [-0.15, -0.1) is 0 Å². The predicted octanol–water partition coefficient (Wildman–Crippen LogP) is -1.00. The molecule has 0 saturated carbocycles. The molecule has 1 aliphatic heterocycles. The van der Waals surface area contributed by atoms with Crippen LogP contribution < -0.4 is 17.7 Å². The van der Waals surface area contributed by atoms with Crippen LogP contribution in [0.3, 0.4) is 0 Å². The molecule has 74 valence electrons. The van der Waals surface area contributed by atoms with Crippen LogP contribution in [-0.2, 0) is 0 Å². The van der Waals surface area contributed by atoms with E-state index >= 15 is 0 Å². The summed E-state index contributed by atoms with van der Waals surface area (Å²) in [5, 5.41) is 2.66. The van der Waals surface area contributed by atoms with Crippen molar-refractivity contribution in [3.8, 4) is 0 Å². The summed E-state index contributed by atoms with van der Waals surface area (Å²) in [7, 11) is 0. The first-order valence-corrected chi connectivity index (χ1v) is 4.41. The number of halogens is 4. The molecule has 0 spiro atoms. The van der Waals surface area contributed by atoms with Crippen molar-refractivity contribution in [3.05, 3.63) is 0 Å². The van der Waals surface area contributed by atoms with Crippen LogP contribution in [0.25, 0.3) is 0 Å². The molecule has 1 rings (SSSR count). The van der Waals surface area contributed by atoms with Crippen molar-refractivity contribution in [3.63, 3.8) is 0 Å². The third-order valence-electron chi connectivity index (χ3n) is 1.55. The Balaban J connectivity index is 0.00000121. The molecule has 1 fully saturated rings. The minimum Gasteiger partial charge on any atom is -1.00 e. The normalized spacial score (nSPS) is 24.8. The van der Waals surface area contributed by atoms with Gasteiger partial charge < -0.3 is 17.7 Å². The molecule has 0 bridgehead atoms. The average Bonchev–Trinajstić information content (AvgIpc) is 1.85. The van der Waals surface area contributed by atoms with Crippen molar-refractivity contribution >= 4 is 11.8 Å². The molecule has 1 nitrogen and oxygen atoms in total. The van der Waals surface area contributed by atoms with Crippen LogP contribution in [0, 0.1) is 0 Å².